The molecule has 1 aliphatic heterocycles. The van der Waals surface area contributed by atoms with Crippen molar-refractivity contribution in [2.24, 2.45) is 5.92 Å². The fourth-order valence-corrected chi connectivity index (χ4v) is 3.42. The number of nitriles is 1. The smallest absolute Gasteiger partial charge is 0.177 e. The number of aliphatic hydroxyl groups excluding tert-OH is 2. The van der Waals surface area contributed by atoms with Crippen LogP contribution in [0.5, 0.6) is 0 Å². The fourth-order valence-electron chi connectivity index (χ4n) is 2.14. The molecule has 7 heteroatoms. The molecule has 1 saturated heterocycles. The molecule has 1 aromatic rings. The Labute approximate surface area is 121 Å². The average Bonchev–Trinajstić information content (AvgIpc) is 2.89. The number of nitrogens with zero attached hydrogens (tertiary/aromatic N) is 2. The zero-order chi connectivity index (χ0) is 15.0. The van der Waals surface area contributed by atoms with Crippen LogP contribution in [0.4, 0.5) is 10.7 Å². The maximum atomic E-state index is 12.1. The highest BCUT2D eigenvalue weighted by Crippen LogP contribution is 2.40. The molecule has 2 heterocycles. The highest BCUT2D eigenvalue weighted by Gasteiger charge is 2.34. The van der Waals surface area contributed by atoms with Crippen molar-refractivity contribution in [1.82, 2.24) is 0 Å². The van der Waals surface area contributed by atoms with Gasteiger partial charge in [-0.05, 0) is 0 Å². The van der Waals surface area contributed by atoms with Gasteiger partial charge in [-0.3, -0.25) is 4.79 Å². The molecule has 0 spiro atoms. The maximum Gasteiger partial charge on any atom is 0.177 e. The van der Waals surface area contributed by atoms with Gasteiger partial charge in [0, 0.05) is 19.0 Å². The molecule has 0 aliphatic carbocycles. The molecule has 0 bridgehead atoms. The van der Waals surface area contributed by atoms with Gasteiger partial charge in [0.25, 0.3) is 0 Å². The van der Waals surface area contributed by atoms with Crippen molar-refractivity contribution in [2.75, 3.05) is 23.7 Å². The number of nitrogen functional groups attached to an aromatic ring is 1. The zero-order valence-electron chi connectivity index (χ0n) is 11.3. The number of carbonyl (C=O) groups excluding carboxylic acids is 1. The van der Waals surface area contributed by atoms with Gasteiger partial charge < -0.3 is 20.8 Å². The summed E-state index contributed by atoms with van der Waals surface area (Å²) in [6.07, 6.45) is -1.71. The number of rotatable bonds is 3. The summed E-state index contributed by atoms with van der Waals surface area (Å²) in [5.74, 6) is -0.305. The summed E-state index contributed by atoms with van der Waals surface area (Å²) < 4.78 is 0. The van der Waals surface area contributed by atoms with Gasteiger partial charge in [-0.2, -0.15) is 5.26 Å². The molecule has 2 rings (SSSR count). The lowest BCUT2D eigenvalue weighted by atomic mass is 10.1. The number of ketones is 1. The van der Waals surface area contributed by atoms with Gasteiger partial charge >= 0.3 is 0 Å². The van der Waals surface area contributed by atoms with Crippen LogP contribution in [-0.2, 0) is 0 Å². The minimum absolute atomic E-state index is 0.101. The quantitative estimate of drug-likeness (QED) is 0.704. The van der Waals surface area contributed by atoms with Gasteiger partial charge in [-0.25, -0.2) is 0 Å². The molecule has 0 amide bonds. The van der Waals surface area contributed by atoms with Crippen molar-refractivity contribution in [3.8, 4) is 6.07 Å². The third kappa shape index (κ3) is 2.38. The van der Waals surface area contributed by atoms with E-state index in [1.165, 1.54) is 0 Å². The Bertz CT molecular complexity index is 566. The number of hydrogen-bond donors (Lipinski definition) is 3. The molecule has 108 valence electrons. The van der Waals surface area contributed by atoms with E-state index < -0.39 is 12.2 Å². The third-order valence-electron chi connectivity index (χ3n) is 3.33. The number of Topliss-reactive ketones (excluding diaryl/α,β-unsaturated/α-hetero) is 1. The van der Waals surface area contributed by atoms with Crippen molar-refractivity contribution >= 4 is 27.8 Å². The van der Waals surface area contributed by atoms with E-state index in [9.17, 15) is 20.3 Å². The largest absolute Gasteiger partial charge is 0.396 e. The Balaban J connectivity index is 2.43. The van der Waals surface area contributed by atoms with E-state index in [0.29, 0.717) is 9.88 Å². The normalized spacial score (nSPS) is 22.3. The molecule has 0 saturated carbocycles. The molecule has 2 unspecified atom stereocenters. The van der Waals surface area contributed by atoms with Gasteiger partial charge in [0.15, 0.2) is 5.78 Å². The highest BCUT2D eigenvalue weighted by molar-refractivity contribution is 7.19. The highest BCUT2D eigenvalue weighted by atomic mass is 32.1. The van der Waals surface area contributed by atoms with Crippen LogP contribution in [0.2, 0.25) is 0 Å². The number of hydrogen-bond acceptors (Lipinski definition) is 7. The van der Waals surface area contributed by atoms with Gasteiger partial charge in [0.1, 0.15) is 16.6 Å². The topological polar surface area (TPSA) is 111 Å². The lowest BCUT2D eigenvalue weighted by Gasteiger charge is -2.15. The van der Waals surface area contributed by atoms with Crippen molar-refractivity contribution in [2.45, 2.75) is 26.1 Å². The van der Waals surface area contributed by atoms with Crippen LogP contribution in [0.15, 0.2) is 0 Å². The summed E-state index contributed by atoms with van der Waals surface area (Å²) in [5, 5.41) is 29.0. The van der Waals surface area contributed by atoms with E-state index in [2.05, 4.69) is 0 Å². The molecule has 0 radical (unpaired) electrons. The van der Waals surface area contributed by atoms with Gasteiger partial charge in [-0.15, -0.1) is 11.3 Å². The molecule has 1 fully saturated rings. The van der Waals surface area contributed by atoms with Crippen molar-refractivity contribution in [3.63, 3.8) is 0 Å². The molecular formula is C13H17N3O3S. The summed E-state index contributed by atoms with van der Waals surface area (Å²) in [5.41, 5.74) is 6.35. The lowest BCUT2D eigenvalue weighted by molar-refractivity contribution is 0.0572. The van der Waals surface area contributed by atoms with Gasteiger partial charge in [-0.1, -0.05) is 13.8 Å². The van der Waals surface area contributed by atoms with E-state index >= 15 is 0 Å². The van der Waals surface area contributed by atoms with E-state index in [4.69, 9.17) is 5.73 Å². The SMILES string of the molecule is CC(C)C(=O)c1sc(N2CC(O)C(O)C2)c(C#N)c1N. The number of β-amino-alcohol motifs (C(OH)–C–C–N with tert-alkyl or cyclic N) is 2. The lowest BCUT2D eigenvalue weighted by Crippen LogP contribution is -2.22. The third-order valence-corrected chi connectivity index (χ3v) is 4.61. The maximum absolute atomic E-state index is 12.1. The van der Waals surface area contributed by atoms with Gasteiger partial charge in [0.2, 0.25) is 0 Å². The summed E-state index contributed by atoms with van der Waals surface area (Å²) in [6, 6.07) is 2.01. The molecule has 1 aromatic heterocycles. The van der Waals surface area contributed by atoms with Crippen molar-refractivity contribution in [1.29, 1.82) is 5.26 Å². The number of thiophene rings is 1. The van der Waals surface area contributed by atoms with Crippen LogP contribution in [0.25, 0.3) is 0 Å². The number of carbonyl (C=O) groups is 1. The Morgan fingerprint density at radius 1 is 1.45 bits per heavy atom. The predicted molar refractivity (Wildman–Crippen MR) is 76.8 cm³/mol. The summed E-state index contributed by atoms with van der Waals surface area (Å²) in [7, 11) is 0. The van der Waals surface area contributed by atoms with E-state index in [-0.39, 0.29) is 36.0 Å². The molecule has 2 atom stereocenters. The first-order valence-corrected chi connectivity index (χ1v) is 7.16. The van der Waals surface area contributed by atoms with Crippen LogP contribution < -0.4 is 10.6 Å². The minimum Gasteiger partial charge on any atom is -0.396 e. The fraction of sp³-hybridized carbons (Fsp3) is 0.538. The Kier molecular flexibility index (Phi) is 3.99. The average molecular weight is 295 g/mol. The Morgan fingerprint density at radius 3 is 2.45 bits per heavy atom. The van der Waals surface area contributed by atoms with Crippen LogP contribution >= 0.6 is 11.3 Å². The van der Waals surface area contributed by atoms with Gasteiger partial charge in [0.05, 0.1) is 22.8 Å². The van der Waals surface area contributed by atoms with Crippen molar-refractivity contribution in [3.05, 3.63) is 10.4 Å². The second-order valence-electron chi connectivity index (χ2n) is 5.20. The summed E-state index contributed by atoms with van der Waals surface area (Å²) in [4.78, 5) is 14.2. The van der Waals surface area contributed by atoms with E-state index in [1.54, 1.807) is 18.7 Å². The zero-order valence-corrected chi connectivity index (χ0v) is 12.1. The van der Waals surface area contributed by atoms with E-state index in [0.717, 1.165) is 11.3 Å². The monoisotopic (exact) mass is 295 g/mol. The Hall–Kier alpha value is -1.62. The molecule has 6 nitrogen and oxygen atoms in total. The molecular weight excluding hydrogens is 278 g/mol. The standard InChI is InChI=1S/C13H17N3O3S/c1-6(2)11(19)12-10(15)7(3-14)13(20-12)16-4-8(17)9(18)5-16/h6,8-9,17-18H,4-5,15H2,1-2H3. The number of nitrogens with two attached hydrogens (primary N) is 1. The molecule has 20 heavy (non-hydrogen) atoms. The predicted octanol–water partition coefficient (Wildman–Crippen LogP) is 0.582. The Morgan fingerprint density at radius 2 is 2.00 bits per heavy atom. The van der Waals surface area contributed by atoms with Crippen molar-refractivity contribution < 1.29 is 15.0 Å². The first-order valence-electron chi connectivity index (χ1n) is 6.34. The second kappa shape index (κ2) is 5.40. The van der Waals surface area contributed by atoms with Crippen LogP contribution in [0, 0.1) is 17.2 Å². The van der Waals surface area contributed by atoms with Crippen LogP contribution in [0.3, 0.4) is 0 Å². The second-order valence-corrected chi connectivity index (χ2v) is 6.19. The van der Waals surface area contributed by atoms with Crippen LogP contribution in [0.1, 0.15) is 29.1 Å². The minimum atomic E-state index is -0.853. The molecule has 4 N–H and O–H groups in total. The first kappa shape index (κ1) is 14.8. The summed E-state index contributed by atoms with van der Waals surface area (Å²) >= 11 is 1.16. The van der Waals surface area contributed by atoms with Crippen LogP contribution in [-0.4, -0.2) is 41.3 Å². The molecule has 0 aromatic carbocycles. The molecule has 1 aliphatic rings. The van der Waals surface area contributed by atoms with E-state index in [1.807, 2.05) is 6.07 Å². The number of anilines is 2. The summed E-state index contributed by atoms with van der Waals surface area (Å²) in [6.45, 7) is 4.00. The first-order chi connectivity index (χ1) is 9.36. The number of aliphatic hydroxyl groups is 2.